The summed E-state index contributed by atoms with van der Waals surface area (Å²) in [5.74, 6) is -5.79. The third-order valence-electron chi connectivity index (χ3n) is 2.05. The lowest BCUT2D eigenvalue weighted by molar-refractivity contribution is -0.140. The Hall–Kier alpha value is -2.05. The lowest BCUT2D eigenvalue weighted by Gasteiger charge is -2.11. The van der Waals surface area contributed by atoms with E-state index < -0.39 is 29.5 Å². The molecule has 0 unspecified atom stereocenters. The molecule has 0 spiro atoms. The zero-order chi connectivity index (χ0) is 13.0. The molecule has 2 N–H and O–H groups in total. The first-order chi connectivity index (χ1) is 7.95. The molecule has 1 aromatic carbocycles. The molecule has 1 aromatic rings. The van der Waals surface area contributed by atoms with Gasteiger partial charge in [0.05, 0.1) is 0 Å². The Labute approximate surface area is 94.1 Å². The van der Waals surface area contributed by atoms with Gasteiger partial charge in [-0.25, -0.2) is 18.0 Å². The van der Waals surface area contributed by atoms with Gasteiger partial charge in [-0.05, 0) is 17.7 Å². The maximum absolute atomic E-state index is 12.8. The van der Waals surface area contributed by atoms with Crippen LogP contribution in [0.2, 0.25) is 0 Å². The van der Waals surface area contributed by atoms with Crippen molar-refractivity contribution in [2.24, 2.45) is 0 Å². The summed E-state index contributed by atoms with van der Waals surface area (Å²) in [6.07, 6.45) is -0.183. The number of rotatable bonds is 5. The van der Waals surface area contributed by atoms with Crippen molar-refractivity contribution < 1.29 is 27.9 Å². The summed E-state index contributed by atoms with van der Waals surface area (Å²) < 4.78 is 38.3. The van der Waals surface area contributed by atoms with E-state index in [-0.39, 0.29) is 18.4 Å². The van der Waals surface area contributed by atoms with Crippen LogP contribution in [0.4, 0.5) is 13.2 Å². The fraction of sp³-hybridized carbons (Fsp3) is 0.200. The van der Waals surface area contributed by atoms with Gasteiger partial charge in [0.15, 0.2) is 17.5 Å². The highest BCUT2D eigenvalue weighted by Gasteiger charge is 2.19. The van der Waals surface area contributed by atoms with Crippen LogP contribution in [0, 0.1) is 17.5 Å². The van der Waals surface area contributed by atoms with E-state index in [0.717, 1.165) is 0 Å². The van der Waals surface area contributed by atoms with Crippen molar-refractivity contribution in [3.05, 3.63) is 35.1 Å². The summed E-state index contributed by atoms with van der Waals surface area (Å²) >= 11 is 0. The molecule has 0 saturated heterocycles. The molecule has 0 aromatic heterocycles. The number of carbonyl (C=O) groups is 2. The number of amides is 1. The molecule has 4 nitrogen and oxygen atoms in total. The van der Waals surface area contributed by atoms with Crippen molar-refractivity contribution >= 4 is 12.4 Å². The second-order valence-corrected chi connectivity index (χ2v) is 3.25. The Bertz CT molecular complexity index is 427. The molecule has 1 atom stereocenters. The monoisotopic (exact) mass is 247 g/mol. The highest BCUT2D eigenvalue weighted by Crippen LogP contribution is 2.14. The number of hydrogen-bond donors (Lipinski definition) is 2. The van der Waals surface area contributed by atoms with Gasteiger partial charge >= 0.3 is 5.97 Å². The third-order valence-corrected chi connectivity index (χ3v) is 2.05. The van der Waals surface area contributed by atoms with Gasteiger partial charge in [-0.15, -0.1) is 0 Å². The average Bonchev–Trinajstić information content (AvgIpc) is 2.25. The highest BCUT2D eigenvalue weighted by molar-refractivity contribution is 5.76. The van der Waals surface area contributed by atoms with Crippen LogP contribution in [0.1, 0.15) is 5.56 Å². The van der Waals surface area contributed by atoms with Crippen LogP contribution < -0.4 is 5.32 Å². The van der Waals surface area contributed by atoms with E-state index in [1.165, 1.54) is 0 Å². The van der Waals surface area contributed by atoms with E-state index in [9.17, 15) is 22.8 Å². The Morgan fingerprint density at radius 3 is 2.29 bits per heavy atom. The van der Waals surface area contributed by atoms with Crippen molar-refractivity contribution in [2.45, 2.75) is 12.5 Å². The Balaban J connectivity index is 2.93. The zero-order valence-electron chi connectivity index (χ0n) is 8.41. The molecule has 0 heterocycles. The number of aliphatic carboxylic acids is 1. The summed E-state index contributed by atoms with van der Waals surface area (Å²) in [5, 5.41) is 10.6. The molecule has 0 bridgehead atoms. The molecule has 0 aliphatic heterocycles. The van der Waals surface area contributed by atoms with Gasteiger partial charge in [0, 0.05) is 6.42 Å². The standard InChI is InChI=1S/C10H8F3NO3/c11-6-1-5(2-7(12)9(6)13)3-8(10(16)17)14-4-15/h1-2,4,8H,3H2,(H,14,15)(H,16,17)/t8-/m0/s1. The molecular formula is C10H8F3NO3. The number of nitrogens with one attached hydrogen (secondary N) is 1. The number of carboxylic acid groups (broad SMARTS) is 1. The number of carboxylic acids is 1. The van der Waals surface area contributed by atoms with Gasteiger partial charge in [0.2, 0.25) is 6.41 Å². The smallest absolute Gasteiger partial charge is 0.326 e. The van der Waals surface area contributed by atoms with Crippen molar-refractivity contribution in [3.8, 4) is 0 Å². The maximum Gasteiger partial charge on any atom is 0.326 e. The van der Waals surface area contributed by atoms with E-state index in [2.05, 4.69) is 0 Å². The van der Waals surface area contributed by atoms with E-state index in [1.807, 2.05) is 5.32 Å². The fourth-order valence-electron chi connectivity index (χ4n) is 1.26. The van der Waals surface area contributed by atoms with Gasteiger partial charge in [-0.3, -0.25) is 4.79 Å². The molecule has 17 heavy (non-hydrogen) atoms. The predicted molar refractivity (Wildman–Crippen MR) is 50.6 cm³/mol. The lowest BCUT2D eigenvalue weighted by Crippen LogP contribution is -2.37. The highest BCUT2D eigenvalue weighted by atomic mass is 19.2. The minimum absolute atomic E-state index is 0.0665. The first-order valence-electron chi connectivity index (χ1n) is 4.51. The first kappa shape index (κ1) is 13.0. The normalized spacial score (nSPS) is 11.9. The van der Waals surface area contributed by atoms with Crippen LogP contribution in [-0.4, -0.2) is 23.5 Å². The van der Waals surface area contributed by atoms with Crippen molar-refractivity contribution in [1.82, 2.24) is 5.32 Å². The Morgan fingerprint density at radius 2 is 1.88 bits per heavy atom. The van der Waals surface area contributed by atoms with Crippen LogP contribution in [0.15, 0.2) is 12.1 Å². The van der Waals surface area contributed by atoms with E-state index >= 15 is 0 Å². The molecule has 0 radical (unpaired) electrons. The topological polar surface area (TPSA) is 66.4 Å². The van der Waals surface area contributed by atoms with E-state index in [1.54, 1.807) is 0 Å². The van der Waals surface area contributed by atoms with Gasteiger partial charge in [-0.2, -0.15) is 0 Å². The molecule has 92 valence electrons. The molecule has 0 fully saturated rings. The number of carbonyl (C=O) groups excluding carboxylic acids is 1. The fourth-order valence-corrected chi connectivity index (χ4v) is 1.26. The van der Waals surface area contributed by atoms with Crippen LogP contribution >= 0.6 is 0 Å². The molecule has 0 aliphatic rings. The SMILES string of the molecule is O=CN[C@@H](Cc1cc(F)c(F)c(F)c1)C(=O)O. The van der Waals surface area contributed by atoms with Gasteiger partial charge in [0.25, 0.3) is 0 Å². The summed E-state index contributed by atoms with van der Waals surface area (Å²) in [4.78, 5) is 20.8. The summed E-state index contributed by atoms with van der Waals surface area (Å²) in [6, 6.07) is 0.0403. The minimum Gasteiger partial charge on any atom is -0.480 e. The van der Waals surface area contributed by atoms with Gasteiger partial charge in [-0.1, -0.05) is 0 Å². The summed E-state index contributed by atoms with van der Waals surface area (Å²) in [5.41, 5.74) is -0.0665. The predicted octanol–water partition coefficient (Wildman–Crippen LogP) is 0.846. The average molecular weight is 247 g/mol. The quantitative estimate of drug-likeness (QED) is 0.598. The minimum atomic E-state index is -1.62. The maximum atomic E-state index is 12.8. The molecule has 1 rings (SSSR count). The largest absolute Gasteiger partial charge is 0.480 e. The van der Waals surface area contributed by atoms with Crippen LogP contribution in [0.25, 0.3) is 0 Å². The van der Waals surface area contributed by atoms with Crippen LogP contribution in [0.5, 0.6) is 0 Å². The van der Waals surface area contributed by atoms with Gasteiger partial charge < -0.3 is 10.4 Å². The Morgan fingerprint density at radius 1 is 1.35 bits per heavy atom. The molecule has 7 heteroatoms. The lowest BCUT2D eigenvalue weighted by atomic mass is 10.1. The van der Waals surface area contributed by atoms with Crippen molar-refractivity contribution in [1.29, 1.82) is 0 Å². The zero-order valence-corrected chi connectivity index (χ0v) is 8.41. The summed E-state index contributed by atoms with van der Waals surface area (Å²) in [7, 11) is 0. The third kappa shape index (κ3) is 3.20. The first-order valence-corrected chi connectivity index (χ1v) is 4.51. The molecule has 1 amide bonds. The second kappa shape index (κ2) is 5.33. The molecular weight excluding hydrogens is 239 g/mol. The van der Waals surface area contributed by atoms with Crippen LogP contribution in [0.3, 0.4) is 0 Å². The number of halogens is 3. The van der Waals surface area contributed by atoms with Crippen LogP contribution in [-0.2, 0) is 16.0 Å². The van der Waals surface area contributed by atoms with Crippen molar-refractivity contribution in [3.63, 3.8) is 0 Å². The molecule has 0 aliphatic carbocycles. The number of benzene rings is 1. The van der Waals surface area contributed by atoms with Crippen molar-refractivity contribution in [2.75, 3.05) is 0 Å². The van der Waals surface area contributed by atoms with E-state index in [0.29, 0.717) is 12.1 Å². The molecule has 0 saturated carbocycles. The van der Waals surface area contributed by atoms with Gasteiger partial charge in [0.1, 0.15) is 6.04 Å². The summed E-state index contributed by atoms with van der Waals surface area (Å²) in [6.45, 7) is 0. The van der Waals surface area contributed by atoms with E-state index in [4.69, 9.17) is 5.11 Å². The Kier molecular flexibility index (Phi) is 4.08. The second-order valence-electron chi connectivity index (χ2n) is 3.25. The number of hydrogen-bond acceptors (Lipinski definition) is 2.